The first kappa shape index (κ1) is 15.0. The molecule has 5 heteroatoms. The number of carbonyl (C=O) groups excluding carboxylic acids is 2. The van der Waals surface area contributed by atoms with Gasteiger partial charge in [-0.2, -0.15) is 0 Å². The molecule has 0 atom stereocenters. The molecule has 1 rings (SSSR count). The monoisotopic (exact) mass is 266 g/mol. The number of methoxy groups -OCH3 is 1. The zero-order valence-corrected chi connectivity index (χ0v) is 11.6. The highest BCUT2D eigenvalue weighted by Crippen LogP contribution is 2.26. The Bertz CT molecular complexity index is 465. The topological polar surface area (TPSA) is 61.8 Å². The number of ether oxygens (including phenoxy) is 3. The van der Waals surface area contributed by atoms with Crippen LogP contribution >= 0.6 is 0 Å². The van der Waals surface area contributed by atoms with E-state index in [9.17, 15) is 9.59 Å². The lowest BCUT2D eigenvalue weighted by atomic mass is 10.1. The predicted octanol–water partition coefficient (Wildman–Crippen LogP) is 2.44. The molecule has 0 heterocycles. The maximum Gasteiger partial charge on any atom is 0.341 e. The van der Waals surface area contributed by atoms with Gasteiger partial charge in [0.05, 0.1) is 19.8 Å². The van der Waals surface area contributed by atoms with Crippen molar-refractivity contribution in [3.63, 3.8) is 0 Å². The van der Waals surface area contributed by atoms with Crippen LogP contribution in [-0.2, 0) is 9.47 Å². The summed E-state index contributed by atoms with van der Waals surface area (Å²) < 4.78 is 15.2. The van der Waals surface area contributed by atoms with Crippen molar-refractivity contribution < 1.29 is 23.8 Å². The summed E-state index contributed by atoms with van der Waals surface area (Å²) in [6, 6.07) is 4.69. The lowest BCUT2D eigenvalue weighted by molar-refractivity contribution is 0.0519. The van der Waals surface area contributed by atoms with Crippen molar-refractivity contribution >= 4 is 11.9 Å². The quantitative estimate of drug-likeness (QED) is 0.766. The maximum atomic E-state index is 11.9. The van der Waals surface area contributed by atoms with Crippen molar-refractivity contribution in [2.75, 3.05) is 13.7 Å². The van der Waals surface area contributed by atoms with Gasteiger partial charge in [0.25, 0.3) is 0 Å². The van der Waals surface area contributed by atoms with Crippen LogP contribution in [0.5, 0.6) is 5.75 Å². The number of carbonyl (C=O) groups is 2. The van der Waals surface area contributed by atoms with Crippen molar-refractivity contribution in [2.24, 2.45) is 0 Å². The molecule has 0 amide bonds. The molecular formula is C14H18O5. The van der Waals surface area contributed by atoms with Crippen molar-refractivity contribution in [1.82, 2.24) is 0 Å². The minimum absolute atomic E-state index is 0.181. The Kier molecular flexibility index (Phi) is 5.36. The van der Waals surface area contributed by atoms with E-state index in [0.29, 0.717) is 0 Å². The van der Waals surface area contributed by atoms with Crippen molar-refractivity contribution in [3.05, 3.63) is 29.3 Å². The fourth-order valence-corrected chi connectivity index (χ4v) is 1.54. The third-order valence-corrected chi connectivity index (χ3v) is 2.27. The summed E-state index contributed by atoms with van der Waals surface area (Å²) in [6.45, 7) is 5.58. The van der Waals surface area contributed by atoms with E-state index >= 15 is 0 Å². The Labute approximate surface area is 112 Å². The van der Waals surface area contributed by atoms with Crippen LogP contribution in [0.25, 0.3) is 0 Å². The molecule has 0 aliphatic rings. The minimum atomic E-state index is -0.554. The second-order valence-corrected chi connectivity index (χ2v) is 4.06. The summed E-state index contributed by atoms with van der Waals surface area (Å²) in [4.78, 5) is 23.5. The molecule has 0 unspecified atom stereocenters. The van der Waals surface area contributed by atoms with E-state index < -0.39 is 11.9 Å². The zero-order valence-electron chi connectivity index (χ0n) is 11.6. The lowest BCUT2D eigenvalue weighted by Gasteiger charge is -2.16. The molecule has 1 aromatic rings. The SMILES string of the molecule is CCOC(=O)c1cccc(C(=O)OC)c1OC(C)C. The summed E-state index contributed by atoms with van der Waals surface area (Å²) in [5.41, 5.74) is 0.431. The molecule has 0 spiro atoms. The average Bonchev–Trinajstić information content (AvgIpc) is 2.37. The third kappa shape index (κ3) is 3.71. The van der Waals surface area contributed by atoms with Crippen LogP contribution in [-0.4, -0.2) is 31.8 Å². The van der Waals surface area contributed by atoms with E-state index in [4.69, 9.17) is 9.47 Å². The Balaban J connectivity index is 3.29. The number of hydrogen-bond acceptors (Lipinski definition) is 5. The van der Waals surface area contributed by atoms with E-state index in [1.165, 1.54) is 7.11 Å². The number of para-hydroxylation sites is 1. The molecule has 1 aromatic carbocycles. The predicted molar refractivity (Wildman–Crippen MR) is 69.5 cm³/mol. The van der Waals surface area contributed by atoms with Crippen molar-refractivity contribution in [3.8, 4) is 5.75 Å². The molecule has 0 saturated heterocycles. The molecule has 0 radical (unpaired) electrons. The number of benzene rings is 1. The van der Waals surface area contributed by atoms with Crippen LogP contribution in [0.3, 0.4) is 0 Å². The van der Waals surface area contributed by atoms with Crippen molar-refractivity contribution in [1.29, 1.82) is 0 Å². The van der Waals surface area contributed by atoms with Crippen LogP contribution in [0.4, 0.5) is 0 Å². The Morgan fingerprint density at radius 3 is 2.21 bits per heavy atom. The van der Waals surface area contributed by atoms with Crippen LogP contribution in [0.15, 0.2) is 18.2 Å². The highest BCUT2D eigenvalue weighted by molar-refractivity contribution is 6.00. The van der Waals surface area contributed by atoms with E-state index in [0.717, 1.165) is 0 Å². The van der Waals surface area contributed by atoms with Gasteiger partial charge in [0.2, 0.25) is 0 Å². The second kappa shape index (κ2) is 6.78. The van der Waals surface area contributed by atoms with E-state index in [-0.39, 0.29) is 29.6 Å². The molecule has 0 bridgehead atoms. The first-order valence-corrected chi connectivity index (χ1v) is 6.06. The fourth-order valence-electron chi connectivity index (χ4n) is 1.54. The molecule has 104 valence electrons. The molecule has 0 aliphatic carbocycles. The molecule has 19 heavy (non-hydrogen) atoms. The Morgan fingerprint density at radius 1 is 1.16 bits per heavy atom. The van der Waals surface area contributed by atoms with Crippen LogP contribution in [0.1, 0.15) is 41.5 Å². The Hall–Kier alpha value is -2.04. The zero-order chi connectivity index (χ0) is 14.4. The van der Waals surface area contributed by atoms with Crippen LogP contribution in [0, 0.1) is 0 Å². The number of hydrogen-bond donors (Lipinski definition) is 0. The third-order valence-electron chi connectivity index (χ3n) is 2.27. The molecule has 0 N–H and O–H groups in total. The number of rotatable bonds is 5. The van der Waals surface area contributed by atoms with E-state index in [2.05, 4.69) is 4.74 Å². The smallest absolute Gasteiger partial charge is 0.341 e. The van der Waals surface area contributed by atoms with Gasteiger partial charge in [0.1, 0.15) is 16.9 Å². The summed E-state index contributed by atoms with van der Waals surface area (Å²) in [6.07, 6.45) is -0.181. The van der Waals surface area contributed by atoms with E-state index in [1.54, 1.807) is 25.1 Å². The fraction of sp³-hybridized carbons (Fsp3) is 0.429. The molecule has 0 aromatic heterocycles. The molecule has 5 nitrogen and oxygen atoms in total. The largest absolute Gasteiger partial charge is 0.489 e. The molecule has 0 aliphatic heterocycles. The van der Waals surface area contributed by atoms with Gasteiger partial charge in [0.15, 0.2) is 0 Å². The normalized spacial score (nSPS) is 10.2. The number of esters is 2. The summed E-state index contributed by atoms with van der Waals surface area (Å²) in [5, 5.41) is 0. The first-order valence-electron chi connectivity index (χ1n) is 6.06. The van der Waals surface area contributed by atoms with E-state index in [1.807, 2.05) is 13.8 Å². The van der Waals surface area contributed by atoms with Gasteiger partial charge in [0, 0.05) is 0 Å². The lowest BCUT2D eigenvalue weighted by Crippen LogP contribution is -2.16. The van der Waals surface area contributed by atoms with Crippen molar-refractivity contribution in [2.45, 2.75) is 26.9 Å². The summed E-state index contributed by atoms with van der Waals surface area (Å²) in [7, 11) is 1.28. The Morgan fingerprint density at radius 2 is 1.74 bits per heavy atom. The van der Waals surface area contributed by atoms with Gasteiger partial charge >= 0.3 is 11.9 Å². The minimum Gasteiger partial charge on any atom is -0.489 e. The van der Waals surface area contributed by atoms with Gasteiger partial charge in [-0.25, -0.2) is 9.59 Å². The van der Waals surface area contributed by atoms with Gasteiger partial charge in [-0.05, 0) is 32.9 Å². The highest BCUT2D eigenvalue weighted by atomic mass is 16.5. The average molecular weight is 266 g/mol. The highest BCUT2D eigenvalue weighted by Gasteiger charge is 2.22. The van der Waals surface area contributed by atoms with Gasteiger partial charge < -0.3 is 14.2 Å². The van der Waals surface area contributed by atoms with Crippen LogP contribution in [0.2, 0.25) is 0 Å². The summed E-state index contributed by atoms with van der Waals surface area (Å²) >= 11 is 0. The second-order valence-electron chi connectivity index (χ2n) is 4.06. The van der Waals surface area contributed by atoms with Gasteiger partial charge in [-0.3, -0.25) is 0 Å². The molecule has 0 fully saturated rings. The first-order chi connectivity index (χ1) is 9.01. The maximum absolute atomic E-state index is 11.9. The van der Waals surface area contributed by atoms with Gasteiger partial charge in [-0.1, -0.05) is 6.07 Å². The van der Waals surface area contributed by atoms with Gasteiger partial charge in [-0.15, -0.1) is 0 Å². The van der Waals surface area contributed by atoms with Crippen LogP contribution < -0.4 is 4.74 Å². The molecular weight excluding hydrogens is 248 g/mol. The summed E-state index contributed by atoms with van der Waals surface area (Å²) in [5.74, 6) is -0.881. The standard InChI is InChI=1S/C14H18O5/c1-5-18-14(16)11-8-6-7-10(13(15)17-4)12(11)19-9(2)3/h6-9H,5H2,1-4H3. The molecule has 0 saturated carbocycles.